The molecule has 0 unspecified atom stereocenters. The van der Waals surface area contributed by atoms with E-state index < -0.39 is 8.60 Å². The first-order valence-electron chi connectivity index (χ1n) is 12.3. The van der Waals surface area contributed by atoms with Gasteiger partial charge in [-0.2, -0.15) is 0 Å². The van der Waals surface area contributed by atoms with Gasteiger partial charge in [-0.15, -0.1) is 0 Å². The number of hydrogen-bond donors (Lipinski definition) is 1. The summed E-state index contributed by atoms with van der Waals surface area (Å²) in [5.41, 5.74) is 3.79. The first-order chi connectivity index (χ1) is 16.1. The molecule has 0 atom stereocenters. The summed E-state index contributed by atoms with van der Waals surface area (Å²) < 4.78 is 23.5. The van der Waals surface area contributed by atoms with E-state index in [1.165, 1.54) is 0 Å². The number of phenolic OH excluding ortho intramolecular Hbond substituents is 1. The summed E-state index contributed by atoms with van der Waals surface area (Å²) >= 11 is 0. The molecule has 0 aliphatic rings. The molecule has 33 heavy (non-hydrogen) atoms. The number of ether oxygens (including phenoxy) is 1. The number of unbranched alkanes of at least 4 members (excludes halogenated alkanes) is 4. The Kier molecular flexibility index (Phi) is 13.4. The first kappa shape index (κ1) is 27.6. The van der Waals surface area contributed by atoms with Crippen molar-refractivity contribution in [1.29, 1.82) is 0 Å². The molecule has 0 saturated carbocycles. The molecule has 0 aliphatic heterocycles. The Morgan fingerprint density at radius 3 is 2.15 bits per heavy atom. The maximum atomic E-state index is 10.9. The van der Waals surface area contributed by atoms with Crippen molar-refractivity contribution in [2.24, 2.45) is 0 Å². The fourth-order valence-corrected chi connectivity index (χ4v) is 4.31. The van der Waals surface area contributed by atoms with Crippen LogP contribution in [0.5, 0.6) is 11.5 Å². The van der Waals surface area contributed by atoms with Crippen molar-refractivity contribution >= 4 is 8.60 Å². The Hall–Kier alpha value is -1.65. The maximum Gasteiger partial charge on any atom is 0.335 e. The average molecular weight is 477 g/mol. The second-order valence-electron chi connectivity index (χ2n) is 8.30. The zero-order valence-corrected chi connectivity index (χ0v) is 21.7. The van der Waals surface area contributed by atoms with Crippen molar-refractivity contribution in [3.8, 4) is 22.6 Å². The van der Waals surface area contributed by atoms with Crippen LogP contribution in [0.4, 0.5) is 0 Å². The molecule has 0 fully saturated rings. The van der Waals surface area contributed by atoms with E-state index in [1.54, 1.807) is 0 Å². The van der Waals surface area contributed by atoms with Gasteiger partial charge in [0.25, 0.3) is 0 Å². The van der Waals surface area contributed by atoms with Crippen LogP contribution in [0.1, 0.15) is 76.8 Å². The minimum absolute atomic E-state index is 0.000618. The van der Waals surface area contributed by atoms with E-state index in [0.29, 0.717) is 24.5 Å². The predicted molar refractivity (Wildman–Crippen MR) is 137 cm³/mol. The molecule has 0 radical (unpaired) electrons. The zero-order chi connectivity index (χ0) is 23.9. The summed E-state index contributed by atoms with van der Waals surface area (Å²) in [7, 11) is -1.46. The Morgan fingerprint density at radius 2 is 1.52 bits per heavy atom. The Labute approximate surface area is 201 Å². The fraction of sp³-hybridized carbons (Fsp3) is 0.556. The molecule has 0 heterocycles. The van der Waals surface area contributed by atoms with Crippen LogP contribution >= 0.6 is 8.60 Å². The van der Waals surface area contributed by atoms with Gasteiger partial charge in [-0.25, -0.2) is 0 Å². The molecular weight excluding hydrogens is 435 g/mol. The quantitative estimate of drug-likeness (QED) is 0.141. The minimum atomic E-state index is -1.46. The van der Waals surface area contributed by atoms with E-state index in [1.807, 2.05) is 43.3 Å². The molecular formula is C27H41O5P. The highest BCUT2D eigenvalue weighted by atomic mass is 31.2. The van der Waals surface area contributed by atoms with Crippen molar-refractivity contribution in [1.82, 2.24) is 0 Å². The van der Waals surface area contributed by atoms with Gasteiger partial charge in [-0.1, -0.05) is 76.3 Å². The molecule has 6 heteroatoms. The highest BCUT2D eigenvalue weighted by molar-refractivity contribution is 7.41. The lowest BCUT2D eigenvalue weighted by Gasteiger charge is -2.19. The number of aromatic hydroxyl groups is 1. The molecule has 0 bridgehead atoms. The lowest BCUT2D eigenvalue weighted by atomic mass is 9.98. The summed E-state index contributed by atoms with van der Waals surface area (Å²) in [6.07, 6.45) is 8.34. The third-order valence-corrected chi connectivity index (χ3v) is 6.38. The van der Waals surface area contributed by atoms with Gasteiger partial charge in [0.15, 0.2) is 6.79 Å². The normalized spacial score (nSPS) is 11.3. The summed E-state index contributed by atoms with van der Waals surface area (Å²) in [5.74, 6) is 0.842. The smallest absolute Gasteiger partial charge is 0.335 e. The van der Waals surface area contributed by atoms with Crippen LogP contribution in [0.3, 0.4) is 0 Å². The Morgan fingerprint density at radius 1 is 0.818 bits per heavy atom. The third-order valence-electron chi connectivity index (χ3n) is 5.28. The van der Waals surface area contributed by atoms with Crippen LogP contribution in [0.25, 0.3) is 11.1 Å². The molecule has 1 N–H and O–H groups in total. The van der Waals surface area contributed by atoms with Crippen LogP contribution in [-0.2, 0) is 20.0 Å². The topological polar surface area (TPSA) is 57.2 Å². The molecule has 0 spiro atoms. The van der Waals surface area contributed by atoms with E-state index in [-0.39, 0.29) is 12.5 Å². The van der Waals surface area contributed by atoms with Gasteiger partial charge in [-0.05, 0) is 55.9 Å². The number of phenols is 1. The van der Waals surface area contributed by atoms with Gasteiger partial charge in [0.1, 0.15) is 11.5 Å². The van der Waals surface area contributed by atoms with Crippen LogP contribution < -0.4 is 4.74 Å². The lowest BCUT2D eigenvalue weighted by molar-refractivity contribution is 0.0771. The molecule has 0 saturated heterocycles. The van der Waals surface area contributed by atoms with Crippen LogP contribution in [0.15, 0.2) is 36.4 Å². The number of rotatable bonds is 17. The van der Waals surface area contributed by atoms with Crippen molar-refractivity contribution in [2.45, 2.75) is 79.1 Å². The van der Waals surface area contributed by atoms with Crippen molar-refractivity contribution in [3.05, 3.63) is 47.5 Å². The second-order valence-corrected chi connectivity index (χ2v) is 9.52. The summed E-state index contributed by atoms with van der Waals surface area (Å²) in [6.45, 7) is 9.69. The van der Waals surface area contributed by atoms with Crippen molar-refractivity contribution in [3.63, 3.8) is 0 Å². The van der Waals surface area contributed by atoms with E-state index in [9.17, 15) is 5.11 Å². The van der Waals surface area contributed by atoms with Gasteiger partial charge >= 0.3 is 8.60 Å². The fourth-order valence-electron chi connectivity index (χ4n) is 3.40. The Bertz CT molecular complexity index is 801. The molecule has 5 nitrogen and oxygen atoms in total. The molecule has 2 aromatic carbocycles. The largest absolute Gasteiger partial charge is 0.507 e. The van der Waals surface area contributed by atoms with Gasteiger partial charge in [0, 0.05) is 0 Å². The molecule has 0 aromatic heterocycles. The standard InChI is InChI=1S/C27H41O5P/c1-5-8-11-14-23-19-25(28)27(24-15-12-13-22(4)18-24)26(20-23)29-21-32-33(30-16-9-6-2)31-17-10-7-3/h12-13,15,18-20,28H,5-11,14,16-17,21H2,1-4H3. The van der Waals surface area contributed by atoms with Gasteiger partial charge in [-0.3, -0.25) is 4.52 Å². The van der Waals surface area contributed by atoms with Crippen molar-refractivity contribution < 1.29 is 23.4 Å². The van der Waals surface area contributed by atoms with E-state index in [4.69, 9.17) is 18.3 Å². The van der Waals surface area contributed by atoms with Crippen molar-refractivity contribution in [2.75, 3.05) is 20.0 Å². The predicted octanol–water partition coefficient (Wildman–Crippen LogP) is 8.31. The number of benzene rings is 2. The third kappa shape index (κ3) is 10.0. The molecule has 2 aromatic rings. The van der Waals surface area contributed by atoms with Gasteiger partial charge in [0.05, 0.1) is 18.8 Å². The number of aryl methyl sites for hydroxylation is 2. The number of hydrogen-bond acceptors (Lipinski definition) is 5. The molecule has 0 amide bonds. The second kappa shape index (κ2) is 16.1. The van der Waals surface area contributed by atoms with E-state index in [0.717, 1.165) is 68.1 Å². The monoisotopic (exact) mass is 476 g/mol. The average Bonchev–Trinajstić information content (AvgIpc) is 2.79. The molecule has 184 valence electrons. The highest BCUT2D eigenvalue weighted by Crippen LogP contribution is 2.42. The molecule has 2 rings (SSSR count). The Balaban J connectivity index is 2.16. The minimum Gasteiger partial charge on any atom is -0.507 e. The highest BCUT2D eigenvalue weighted by Gasteiger charge is 2.17. The summed E-state index contributed by atoms with van der Waals surface area (Å²) in [6, 6.07) is 11.9. The van der Waals surface area contributed by atoms with E-state index >= 15 is 0 Å². The zero-order valence-electron chi connectivity index (χ0n) is 20.8. The van der Waals surface area contributed by atoms with Gasteiger partial charge < -0.3 is 18.9 Å². The van der Waals surface area contributed by atoms with Crippen LogP contribution in [0, 0.1) is 6.92 Å². The van der Waals surface area contributed by atoms with Gasteiger partial charge in [0.2, 0.25) is 0 Å². The van der Waals surface area contributed by atoms with Crippen LogP contribution in [0.2, 0.25) is 0 Å². The SMILES string of the molecule is CCCCCc1cc(O)c(-c2cccc(C)c2)c(OCOP(OCCCC)OCCCC)c1. The van der Waals surface area contributed by atoms with Crippen LogP contribution in [-0.4, -0.2) is 25.1 Å². The first-order valence-corrected chi connectivity index (χ1v) is 13.4. The molecule has 0 aliphatic carbocycles. The lowest BCUT2D eigenvalue weighted by Crippen LogP contribution is -2.05. The maximum absolute atomic E-state index is 10.9. The van der Waals surface area contributed by atoms with E-state index in [2.05, 4.69) is 20.8 Å². The summed E-state index contributed by atoms with van der Waals surface area (Å²) in [5, 5.41) is 10.9. The summed E-state index contributed by atoms with van der Waals surface area (Å²) in [4.78, 5) is 0.